The molecule has 86 valence electrons. The molecule has 1 amide bonds. The van der Waals surface area contributed by atoms with Crippen LogP contribution in [0.2, 0.25) is 0 Å². The van der Waals surface area contributed by atoms with Crippen molar-refractivity contribution in [3.05, 3.63) is 46.0 Å². The molecule has 0 saturated heterocycles. The topological polar surface area (TPSA) is 29.1 Å². The third-order valence-corrected chi connectivity index (χ3v) is 2.86. The van der Waals surface area contributed by atoms with E-state index in [1.54, 1.807) is 0 Å². The van der Waals surface area contributed by atoms with Crippen LogP contribution in [-0.2, 0) is 0 Å². The van der Waals surface area contributed by atoms with Gasteiger partial charge in [0.1, 0.15) is 0 Å². The molecular weight excluding hydrogens is 266 g/mol. The molecule has 0 bridgehead atoms. The lowest BCUT2D eigenvalue weighted by atomic mass is 10.1. The van der Waals surface area contributed by atoms with Crippen LogP contribution in [0.15, 0.2) is 34.8 Å². The Hall–Kier alpha value is -1.09. The van der Waals surface area contributed by atoms with Gasteiger partial charge in [-0.25, -0.2) is 0 Å². The Balaban J connectivity index is 2.59. The number of carbonyl (C=O) groups is 1. The molecule has 1 N–H and O–H groups in total. The van der Waals surface area contributed by atoms with Gasteiger partial charge in [-0.15, -0.1) is 0 Å². The molecule has 0 aromatic heterocycles. The van der Waals surface area contributed by atoms with Gasteiger partial charge in [-0.05, 0) is 53.9 Å². The molecular formula is C13H16BrNO. The number of hydrogen-bond acceptors (Lipinski definition) is 1. The van der Waals surface area contributed by atoms with Crippen LogP contribution in [0.4, 0.5) is 0 Å². The fraction of sp³-hybridized carbons (Fsp3) is 0.308. The average Bonchev–Trinajstić information content (AvgIpc) is 2.24. The second-order valence-electron chi connectivity index (χ2n) is 3.60. The lowest BCUT2D eigenvalue weighted by Gasteiger charge is -2.06. The highest BCUT2D eigenvalue weighted by Crippen LogP contribution is 2.18. The van der Waals surface area contributed by atoms with Gasteiger partial charge >= 0.3 is 0 Å². The Kier molecular flexibility index (Phi) is 5.26. The average molecular weight is 282 g/mol. The van der Waals surface area contributed by atoms with E-state index in [0.29, 0.717) is 12.1 Å². The number of carbonyl (C=O) groups excluding carboxylic acids is 1. The first-order valence-corrected chi connectivity index (χ1v) is 6.10. The third kappa shape index (κ3) is 3.81. The SMILES string of the molecule is C/C=C/CCNC(=O)c1ccc(C)cc1Br. The van der Waals surface area contributed by atoms with E-state index in [2.05, 4.69) is 21.2 Å². The van der Waals surface area contributed by atoms with Crippen LogP contribution in [-0.4, -0.2) is 12.5 Å². The van der Waals surface area contributed by atoms with E-state index >= 15 is 0 Å². The first-order valence-electron chi connectivity index (χ1n) is 5.30. The third-order valence-electron chi connectivity index (χ3n) is 2.20. The zero-order valence-corrected chi connectivity index (χ0v) is 11.2. The van der Waals surface area contributed by atoms with Crippen molar-refractivity contribution in [1.29, 1.82) is 0 Å². The first kappa shape index (κ1) is 13.0. The minimum atomic E-state index is -0.0311. The maximum atomic E-state index is 11.8. The van der Waals surface area contributed by atoms with E-state index < -0.39 is 0 Å². The van der Waals surface area contributed by atoms with Crippen molar-refractivity contribution in [1.82, 2.24) is 5.32 Å². The van der Waals surface area contributed by atoms with Gasteiger partial charge in [-0.2, -0.15) is 0 Å². The second-order valence-corrected chi connectivity index (χ2v) is 4.45. The van der Waals surface area contributed by atoms with Crippen molar-refractivity contribution in [2.45, 2.75) is 20.3 Å². The molecule has 3 heteroatoms. The summed E-state index contributed by atoms with van der Waals surface area (Å²) in [6, 6.07) is 5.72. The molecule has 2 nitrogen and oxygen atoms in total. The van der Waals surface area contributed by atoms with Crippen LogP contribution in [0.3, 0.4) is 0 Å². The van der Waals surface area contributed by atoms with Gasteiger partial charge in [-0.1, -0.05) is 18.2 Å². The maximum absolute atomic E-state index is 11.8. The summed E-state index contributed by atoms with van der Waals surface area (Å²) in [5.74, 6) is -0.0311. The van der Waals surface area contributed by atoms with Gasteiger partial charge in [0.25, 0.3) is 5.91 Å². The number of halogens is 1. The molecule has 0 atom stereocenters. The zero-order valence-electron chi connectivity index (χ0n) is 9.59. The molecule has 0 aliphatic heterocycles. The maximum Gasteiger partial charge on any atom is 0.252 e. The summed E-state index contributed by atoms with van der Waals surface area (Å²) >= 11 is 3.40. The summed E-state index contributed by atoms with van der Waals surface area (Å²) in [4.78, 5) is 11.8. The highest BCUT2D eigenvalue weighted by molar-refractivity contribution is 9.10. The fourth-order valence-corrected chi connectivity index (χ4v) is 2.01. The largest absolute Gasteiger partial charge is 0.352 e. The standard InChI is InChI=1S/C13H16BrNO/c1-3-4-5-8-15-13(16)11-7-6-10(2)9-12(11)14/h3-4,6-7,9H,5,8H2,1-2H3,(H,15,16)/b4-3+. The van der Waals surface area contributed by atoms with Gasteiger partial charge in [0.2, 0.25) is 0 Å². The lowest BCUT2D eigenvalue weighted by Crippen LogP contribution is -2.24. The quantitative estimate of drug-likeness (QED) is 0.665. The molecule has 0 aliphatic carbocycles. The van der Waals surface area contributed by atoms with Crippen molar-refractivity contribution in [2.75, 3.05) is 6.54 Å². The summed E-state index contributed by atoms with van der Waals surface area (Å²) < 4.78 is 0.844. The fourth-order valence-electron chi connectivity index (χ4n) is 1.34. The molecule has 1 aromatic carbocycles. The highest BCUT2D eigenvalue weighted by atomic mass is 79.9. The molecule has 0 unspecified atom stereocenters. The summed E-state index contributed by atoms with van der Waals surface area (Å²) in [5.41, 5.74) is 1.82. The van der Waals surface area contributed by atoms with Crippen molar-refractivity contribution in [2.24, 2.45) is 0 Å². The van der Waals surface area contributed by atoms with E-state index in [1.807, 2.05) is 44.2 Å². The Morgan fingerprint density at radius 2 is 2.25 bits per heavy atom. The van der Waals surface area contributed by atoms with E-state index in [9.17, 15) is 4.79 Å². The van der Waals surface area contributed by atoms with Gasteiger partial charge in [0, 0.05) is 11.0 Å². The van der Waals surface area contributed by atoms with Crippen molar-refractivity contribution in [3.8, 4) is 0 Å². The number of aryl methyl sites for hydroxylation is 1. The molecule has 1 aromatic rings. The Bertz CT molecular complexity index is 399. The van der Waals surface area contributed by atoms with Crippen LogP contribution in [0.5, 0.6) is 0 Å². The number of amides is 1. The van der Waals surface area contributed by atoms with Crippen molar-refractivity contribution in [3.63, 3.8) is 0 Å². The molecule has 1 rings (SSSR count). The molecule has 0 saturated carbocycles. The number of rotatable bonds is 4. The predicted octanol–water partition coefficient (Wildman–Crippen LogP) is 3.45. The first-order chi connectivity index (χ1) is 7.65. The molecule has 0 aliphatic rings. The van der Waals surface area contributed by atoms with Crippen LogP contribution >= 0.6 is 15.9 Å². The number of nitrogens with one attached hydrogen (secondary N) is 1. The normalized spacial score (nSPS) is 10.7. The molecule has 16 heavy (non-hydrogen) atoms. The Labute approximate surface area is 105 Å². The second kappa shape index (κ2) is 6.48. The predicted molar refractivity (Wildman–Crippen MR) is 70.6 cm³/mol. The zero-order chi connectivity index (χ0) is 12.0. The monoisotopic (exact) mass is 281 g/mol. The van der Waals surface area contributed by atoms with E-state index in [-0.39, 0.29) is 5.91 Å². The Morgan fingerprint density at radius 1 is 1.50 bits per heavy atom. The van der Waals surface area contributed by atoms with Crippen LogP contribution < -0.4 is 5.32 Å². The van der Waals surface area contributed by atoms with Crippen LogP contribution in [0.1, 0.15) is 29.3 Å². The molecule has 0 spiro atoms. The molecule has 0 fully saturated rings. The van der Waals surface area contributed by atoms with Crippen LogP contribution in [0, 0.1) is 6.92 Å². The van der Waals surface area contributed by atoms with Gasteiger partial charge in [0.15, 0.2) is 0 Å². The Morgan fingerprint density at radius 3 is 2.88 bits per heavy atom. The van der Waals surface area contributed by atoms with E-state index in [0.717, 1.165) is 16.5 Å². The van der Waals surface area contributed by atoms with Crippen molar-refractivity contribution < 1.29 is 4.79 Å². The lowest BCUT2D eigenvalue weighted by molar-refractivity contribution is 0.0953. The number of hydrogen-bond donors (Lipinski definition) is 1. The van der Waals surface area contributed by atoms with E-state index in [4.69, 9.17) is 0 Å². The van der Waals surface area contributed by atoms with E-state index in [1.165, 1.54) is 0 Å². The number of allylic oxidation sites excluding steroid dienone is 1. The summed E-state index contributed by atoms with van der Waals surface area (Å²) in [6.07, 6.45) is 4.88. The summed E-state index contributed by atoms with van der Waals surface area (Å²) in [6.45, 7) is 4.64. The van der Waals surface area contributed by atoms with Crippen molar-refractivity contribution >= 4 is 21.8 Å². The summed E-state index contributed by atoms with van der Waals surface area (Å²) in [7, 11) is 0. The minimum absolute atomic E-state index is 0.0311. The molecule has 0 heterocycles. The highest BCUT2D eigenvalue weighted by Gasteiger charge is 2.08. The summed E-state index contributed by atoms with van der Waals surface area (Å²) in [5, 5.41) is 2.87. The van der Waals surface area contributed by atoms with Gasteiger partial charge in [-0.3, -0.25) is 4.79 Å². The smallest absolute Gasteiger partial charge is 0.252 e. The van der Waals surface area contributed by atoms with Gasteiger partial charge < -0.3 is 5.32 Å². The molecule has 0 radical (unpaired) electrons. The van der Waals surface area contributed by atoms with Crippen LogP contribution in [0.25, 0.3) is 0 Å². The van der Waals surface area contributed by atoms with Gasteiger partial charge in [0.05, 0.1) is 5.56 Å². The minimum Gasteiger partial charge on any atom is -0.352 e. The number of benzene rings is 1.